The van der Waals surface area contributed by atoms with Gasteiger partial charge in [0, 0.05) is 24.4 Å². The predicted molar refractivity (Wildman–Crippen MR) is 99.5 cm³/mol. The summed E-state index contributed by atoms with van der Waals surface area (Å²) in [7, 11) is 1.32. The number of nitrogens with zero attached hydrogens (tertiary/aromatic N) is 1. The molecule has 0 aliphatic heterocycles. The van der Waals surface area contributed by atoms with Crippen molar-refractivity contribution in [3.8, 4) is 0 Å². The first-order valence-corrected chi connectivity index (χ1v) is 9.01. The molecule has 1 amide bonds. The Kier molecular flexibility index (Phi) is 4.95. The first-order chi connectivity index (χ1) is 12.9. The van der Waals surface area contributed by atoms with Crippen molar-refractivity contribution in [2.24, 2.45) is 5.92 Å². The van der Waals surface area contributed by atoms with Gasteiger partial charge in [-0.2, -0.15) is 0 Å². The maximum absolute atomic E-state index is 12.7. The minimum absolute atomic E-state index is 0.253. The van der Waals surface area contributed by atoms with E-state index in [0.717, 1.165) is 22.2 Å². The van der Waals surface area contributed by atoms with Gasteiger partial charge in [0.1, 0.15) is 5.54 Å². The zero-order chi connectivity index (χ0) is 19.8. The number of amides is 1. The summed E-state index contributed by atoms with van der Waals surface area (Å²) in [5.74, 6) is -1.05. The molecule has 0 spiro atoms. The summed E-state index contributed by atoms with van der Waals surface area (Å²) < 4.78 is 11.9. The molecule has 0 bridgehead atoms. The van der Waals surface area contributed by atoms with E-state index in [4.69, 9.17) is 9.47 Å². The fourth-order valence-electron chi connectivity index (χ4n) is 4.07. The number of hydrogen-bond donors (Lipinski definition) is 1. The molecule has 2 atom stereocenters. The summed E-state index contributed by atoms with van der Waals surface area (Å²) in [6.07, 6.45) is 0.244. The van der Waals surface area contributed by atoms with E-state index >= 15 is 0 Å². The SMILES string of the molecule is CCOC(=O)n1c2c(c3ccccc31)C[C@@](NC(C)=O)(C(=O)OC)C(C)C2. The molecular formula is C20H24N2O5. The van der Waals surface area contributed by atoms with Gasteiger partial charge >= 0.3 is 12.1 Å². The van der Waals surface area contributed by atoms with E-state index < -0.39 is 17.6 Å². The monoisotopic (exact) mass is 372 g/mol. The highest BCUT2D eigenvalue weighted by Gasteiger charge is 2.50. The van der Waals surface area contributed by atoms with Gasteiger partial charge in [0.05, 0.1) is 19.2 Å². The van der Waals surface area contributed by atoms with Crippen LogP contribution in [0.5, 0.6) is 0 Å². The summed E-state index contributed by atoms with van der Waals surface area (Å²) in [4.78, 5) is 37.2. The quantitative estimate of drug-likeness (QED) is 0.836. The maximum atomic E-state index is 12.7. The number of ether oxygens (including phenoxy) is 2. The summed E-state index contributed by atoms with van der Waals surface area (Å²) in [5, 5.41) is 3.69. The molecule has 1 unspecified atom stereocenters. The number of aromatic nitrogens is 1. The van der Waals surface area contributed by atoms with Crippen LogP contribution in [-0.4, -0.2) is 41.8 Å². The summed E-state index contributed by atoms with van der Waals surface area (Å²) in [6.45, 7) is 5.29. The standard InChI is InChI=1S/C20H24N2O5/c1-5-27-19(25)22-16-9-7-6-8-14(16)15-11-20(18(24)26-4,21-13(3)23)12(2)10-17(15)22/h6-9,12H,5,10-11H2,1-4H3,(H,21,23)/t12?,20-/m0/s1. The van der Waals surface area contributed by atoms with Crippen molar-refractivity contribution in [1.29, 1.82) is 0 Å². The third kappa shape index (κ3) is 2.97. The van der Waals surface area contributed by atoms with Gasteiger partial charge in [-0.3, -0.25) is 4.79 Å². The van der Waals surface area contributed by atoms with Crippen LogP contribution in [0.3, 0.4) is 0 Å². The molecule has 7 nitrogen and oxygen atoms in total. The Morgan fingerprint density at radius 2 is 2.00 bits per heavy atom. The van der Waals surface area contributed by atoms with Crippen LogP contribution >= 0.6 is 0 Å². The molecule has 0 saturated carbocycles. The summed E-state index contributed by atoms with van der Waals surface area (Å²) >= 11 is 0. The van der Waals surface area contributed by atoms with E-state index in [9.17, 15) is 14.4 Å². The molecule has 27 heavy (non-hydrogen) atoms. The lowest BCUT2D eigenvalue weighted by molar-refractivity contribution is -0.153. The van der Waals surface area contributed by atoms with Gasteiger partial charge in [-0.25, -0.2) is 14.2 Å². The molecule has 2 aromatic rings. The second-order valence-corrected chi connectivity index (χ2v) is 6.90. The van der Waals surface area contributed by atoms with Crippen molar-refractivity contribution in [2.45, 2.75) is 39.2 Å². The number of nitrogens with one attached hydrogen (secondary N) is 1. The lowest BCUT2D eigenvalue weighted by Gasteiger charge is -2.40. The second kappa shape index (κ2) is 7.06. The normalized spacial score (nSPS) is 21.4. The largest absolute Gasteiger partial charge is 0.467 e. The molecule has 1 N–H and O–H groups in total. The Balaban J connectivity index is 2.23. The average Bonchev–Trinajstić information content (AvgIpc) is 2.94. The molecule has 144 valence electrons. The predicted octanol–water partition coefficient (Wildman–Crippen LogP) is 2.43. The molecule has 0 saturated heterocycles. The minimum atomic E-state index is -1.17. The molecule has 3 rings (SSSR count). The number of carbonyl (C=O) groups excluding carboxylic acids is 3. The van der Waals surface area contributed by atoms with Crippen LogP contribution in [0.25, 0.3) is 10.9 Å². The highest BCUT2D eigenvalue weighted by Crippen LogP contribution is 2.40. The molecule has 1 aliphatic rings. The van der Waals surface area contributed by atoms with E-state index in [2.05, 4.69) is 5.32 Å². The van der Waals surface area contributed by atoms with Crippen molar-refractivity contribution in [3.05, 3.63) is 35.5 Å². The van der Waals surface area contributed by atoms with Gasteiger partial charge in [0.25, 0.3) is 0 Å². The van der Waals surface area contributed by atoms with Crippen LogP contribution in [0.1, 0.15) is 32.0 Å². The maximum Gasteiger partial charge on any atom is 0.418 e. The van der Waals surface area contributed by atoms with E-state index in [0.29, 0.717) is 6.42 Å². The van der Waals surface area contributed by atoms with Gasteiger partial charge < -0.3 is 14.8 Å². The number of esters is 1. The van der Waals surface area contributed by atoms with E-state index in [-0.39, 0.29) is 24.9 Å². The van der Waals surface area contributed by atoms with E-state index in [1.54, 1.807) is 11.5 Å². The van der Waals surface area contributed by atoms with Crippen LogP contribution in [-0.2, 0) is 31.9 Å². The van der Waals surface area contributed by atoms with Crippen molar-refractivity contribution in [3.63, 3.8) is 0 Å². The summed E-state index contributed by atoms with van der Waals surface area (Å²) in [5.41, 5.74) is 1.23. The molecule has 1 aliphatic carbocycles. The zero-order valence-corrected chi connectivity index (χ0v) is 16.0. The van der Waals surface area contributed by atoms with Crippen molar-refractivity contribution in [1.82, 2.24) is 9.88 Å². The lowest BCUT2D eigenvalue weighted by atomic mass is 9.72. The molecule has 0 radical (unpaired) electrons. The first-order valence-electron chi connectivity index (χ1n) is 9.01. The van der Waals surface area contributed by atoms with Crippen molar-refractivity contribution in [2.75, 3.05) is 13.7 Å². The number of rotatable bonds is 3. The van der Waals surface area contributed by atoms with Crippen molar-refractivity contribution < 1.29 is 23.9 Å². The lowest BCUT2D eigenvalue weighted by Crippen LogP contribution is -2.62. The third-order valence-corrected chi connectivity index (χ3v) is 5.28. The van der Waals surface area contributed by atoms with Gasteiger partial charge in [-0.05, 0) is 30.9 Å². The first kappa shape index (κ1) is 18.9. The number of hydrogen-bond acceptors (Lipinski definition) is 5. The van der Waals surface area contributed by atoms with Crippen LogP contribution in [0.15, 0.2) is 24.3 Å². The molecule has 7 heteroatoms. The molecular weight excluding hydrogens is 348 g/mol. The van der Waals surface area contributed by atoms with E-state index in [1.807, 2.05) is 31.2 Å². The van der Waals surface area contributed by atoms with Crippen LogP contribution in [0, 0.1) is 5.92 Å². The third-order valence-electron chi connectivity index (χ3n) is 5.28. The van der Waals surface area contributed by atoms with Crippen LogP contribution < -0.4 is 5.32 Å². The van der Waals surface area contributed by atoms with Gasteiger partial charge in [-0.1, -0.05) is 25.1 Å². The van der Waals surface area contributed by atoms with Crippen molar-refractivity contribution >= 4 is 28.9 Å². The fourth-order valence-corrected chi connectivity index (χ4v) is 4.07. The Hall–Kier alpha value is -2.83. The highest BCUT2D eigenvalue weighted by molar-refractivity contribution is 5.96. The number of benzene rings is 1. The average molecular weight is 372 g/mol. The van der Waals surface area contributed by atoms with Crippen LogP contribution in [0.2, 0.25) is 0 Å². The number of carbonyl (C=O) groups is 3. The van der Waals surface area contributed by atoms with Gasteiger partial charge in [0.15, 0.2) is 0 Å². The minimum Gasteiger partial charge on any atom is -0.467 e. The van der Waals surface area contributed by atoms with Gasteiger partial charge in [0.2, 0.25) is 5.91 Å². The molecule has 1 aromatic carbocycles. The fraction of sp³-hybridized carbons (Fsp3) is 0.450. The second-order valence-electron chi connectivity index (χ2n) is 6.90. The Bertz CT molecular complexity index is 916. The summed E-state index contributed by atoms with van der Waals surface area (Å²) in [6, 6.07) is 7.51. The number of fused-ring (bicyclic) bond motifs is 3. The van der Waals surface area contributed by atoms with E-state index in [1.165, 1.54) is 14.0 Å². The Morgan fingerprint density at radius 3 is 2.63 bits per heavy atom. The Labute approximate surface area is 157 Å². The Morgan fingerprint density at radius 1 is 1.30 bits per heavy atom. The highest BCUT2D eigenvalue weighted by atomic mass is 16.5. The molecule has 1 aromatic heterocycles. The molecule has 0 fully saturated rings. The zero-order valence-electron chi connectivity index (χ0n) is 16.0. The molecule has 1 heterocycles. The number of para-hydroxylation sites is 1. The topological polar surface area (TPSA) is 86.6 Å². The number of methoxy groups -OCH3 is 1. The van der Waals surface area contributed by atoms with Crippen LogP contribution in [0.4, 0.5) is 4.79 Å². The van der Waals surface area contributed by atoms with Gasteiger partial charge in [-0.15, -0.1) is 0 Å². The smallest absolute Gasteiger partial charge is 0.418 e.